The monoisotopic (exact) mass is 700 g/mol. The minimum Gasteiger partial charge on any atom is -0.458 e. The molecule has 4 aliphatic heterocycles. The molecule has 266 valence electrons. The SMILES string of the molecule is CC1=NC(C)(C)C(C)(C)N1c1cncc(-c2ccc3c(c2)Oc2cccc4c2B3c2ccc(-c3cncc(N5C(C)=NC(C)(C)C5(C)C)c3)cc2O4)c1. The number of nitrogens with zero attached hydrogens (tertiary/aromatic N) is 6. The van der Waals surface area contributed by atoms with Gasteiger partial charge in [-0.25, -0.2) is 0 Å². The standard InChI is InChI=1S/C44H45BN6O2/c1-26-48-41(3,4)43(7,8)50(26)32-18-30(22-46-24-32)28-14-16-34-38(20-28)52-36-12-11-13-37-40(36)45(34)35-17-15-29(21-39(35)53-37)31-19-33(25-47-23-31)51-27(2)49-42(5,6)44(51,9)10/h11-25H,1-10H3. The number of rotatable bonds is 4. The number of ether oxygens (including phenoxy) is 2. The van der Waals surface area contributed by atoms with Gasteiger partial charge in [-0.3, -0.25) is 20.0 Å². The van der Waals surface area contributed by atoms with E-state index in [1.54, 1.807) is 0 Å². The predicted octanol–water partition coefficient (Wildman–Crippen LogP) is 8.13. The van der Waals surface area contributed by atoms with Crippen LogP contribution in [0.15, 0.2) is 102 Å². The predicted molar refractivity (Wildman–Crippen MR) is 218 cm³/mol. The Morgan fingerprint density at radius 1 is 0.509 bits per heavy atom. The van der Waals surface area contributed by atoms with E-state index in [-0.39, 0.29) is 28.9 Å². The van der Waals surface area contributed by atoms with Crippen LogP contribution < -0.4 is 35.7 Å². The Kier molecular flexibility index (Phi) is 6.96. The molecule has 0 saturated carbocycles. The molecule has 0 fully saturated rings. The van der Waals surface area contributed by atoms with E-state index in [0.29, 0.717) is 0 Å². The topological polar surface area (TPSA) is 75.4 Å². The first-order valence-corrected chi connectivity index (χ1v) is 18.5. The van der Waals surface area contributed by atoms with Gasteiger partial charge in [0.1, 0.15) is 34.7 Å². The van der Waals surface area contributed by atoms with Crippen LogP contribution in [0.1, 0.15) is 69.2 Å². The first-order chi connectivity index (χ1) is 25.1. The van der Waals surface area contributed by atoms with Crippen molar-refractivity contribution in [3.8, 4) is 45.3 Å². The van der Waals surface area contributed by atoms with Gasteiger partial charge in [-0.15, -0.1) is 0 Å². The van der Waals surface area contributed by atoms with Gasteiger partial charge in [0.05, 0.1) is 45.9 Å². The fourth-order valence-electron chi connectivity index (χ4n) is 8.76. The molecule has 4 aliphatic rings. The molecule has 0 amide bonds. The summed E-state index contributed by atoms with van der Waals surface area (Å²) in [5, 5.41) is 0. The summed E-state index contributed by atoms with van der Waals surface area (Å²) in [5.74, 6) is 5.30. The number of anilines is 2. The van der Waals surface area contributed by atoms with Crippen molar-refractivity contribution < 1.29 is 9.47 Å². The summed E-state index contributed by atoms with van der Waals surface area (Å²) >= 11 is 0. The number of hydrogen-bond donors (Lipinski definition) is 0. The van der Waals surface area contributed by atoms with E-state index >= 15 is 0 Å². The molecular weight excluding hydrogens is 655 g/mol. The van der Waals surface area contributed by atoms with Gasteiger partial charge in [-0.1, -0.05) is 30.3 Å². The van der Waals surface area contributed by atoms with Gasteiger partial charge in [-0.2, -0.15) is 0 Å². The number of hydrogen-bond acceptors (Lipinski definition) is 8. The van der Waals surface area contributed by atoms with E-state index in [9.17, 15) is 0 Å². The molecule has 0 atom stereocenters. The van der Waals surface area contributed by atoms with Gasteiger partial charge in [0.25, 0.3) is 6.71 Å². The summed E-state index contributed by atoms with van der Waals surface area (Å²) in [6.07, 6.45) is 7.72. The molecule has 0 N–H and O–H groups in total. The molecule has 0 unspecified atom stereocenters. The third-order valence-electron chi connectivity index (χ3n) is 12.7. The summed E-state index contributed by atoms with van der Waals surface area (Å²) in [7, 11) is 0. The van der Waals surface area contributed by atoms with Crippen molar-refractivity contribution in [2.75, 3.05) is 9.80 Å². The van der Waals surface area contributed by atoms with Crippen molar-refractivity contribution in [2.45, 2.75) is 91.4 Å². The maximum Gasteiger partial charge on any atom is 0.260 e. The van der Waals surface area contributed by atoms with Crippen molar-refractivity contribution in [1.82, 2.24) is 9.97 Å². The number of aliphatic imine (C=N–C) groups is 2. The largest absolute Gasteiger partial charge is 0.458 e. The van der Waals surface area contributed by atoms with Crippen LogP contribution >= 0.6 is 0 Å². The summed E-state index contributed by atoms with van der Waals surface area (Å²) in [6.45, 7) is 21.8. The average Bonchev–Trinajstić information content (AvgIpc) is 3.38. The fraction of sp³-hybridized carbons (Fsp3) is 0.318. The Bertz CT molecular complexity index is 2270. The molecule has 0 aliphatic carbocycles. The second kappa shape index (κ2) is 11.0. The number of aromatic nitrogens is 2. The molecule has 0 bridgehead atoms. The Hall–Kier alpha value is -5.44. The van der Waals surface area contributed by atoms with E-state index in [1.807, 2.05) is 43.0 Å². The number of fused-ring (bicyclic) bond motifs is 4. The molecule has 9 heteroatoms. The third-order valence-corrected chi connectivity index (χ3v) is 12.7. The summed E-state index contributed by atoms with van der Waals surface area (Å²) in [6, 6.07) is 23.6. The van der Waals surface area contributed by atoms with Gasteiger partial charge in [0.2, 0.25) is 0 Å². The van der Waals surface area contributed by atoms with Gasteiger partial charge < -0.3 is 19.3 Å². The van der Waals surface area contributed by atoms with Crippen molar-refractivity contribution >= 4 is 46.1 Å². The maximum absolute atomic E-state index is 6.65. The minimum absolute atomic E-state index is 0.0382. The van der Waals surface area contributed by atoms with Crippen LogP contribution in [0.25, 0.3) is 22.3 Å². The summed E-state index contributed by atoms with van der Waals surface area (Å²) < 4.78 is 13.3. The molecule has 9 rings (SSSR count). The Morgan fingerprint density at radius 2 is 0.943 bits per heavy atom. The average molecular weight is 701 g/mol. The summed E-state index contributed by atoms with van der Waals surface area (Å²) in [5.41, 5.74) is 8.61. The van der Waals surface area contributed by atoms with Crippen LogP contribution in [0.5, 0.6) is 23.0 Å². The normalized spacial score (nSPS) is 19.4. The number of pyridine rings is 2. The lowest BCUT2D eigenvalue weighted by Gasteiger charge is -2.41. The van der Waals surface area contributed by atoms with Crippen LogP contribution in [-0.4, -0.2) is 50.5 Å². The van der Waals surface area contributed by atoms with Crippen molar-refractivity contribution in [1.29, 1.82) is 0 Å². The Morgan fingerprint density at radius 3 is 1.34 bits per heavy atom. The maximum atomic E-state index is 6.65. The molecule has 0 spiro atoms. The quantitative estimate of drug-likeness (QED) is 0.173. The highest BCUT2D eigenvalue weighted by molar-refractivity contribution is 6.98. The second-order valence-corrected chi connectivity index (χ2v) is 16.9. The molecule has 0 radical (unpaired) electrons. The lowest BCUT2D eigenvalue weighted by atomic mass is 9.35. The Labute approximate surface area is 312 Å². The molecule has 2 aromatic heterocycles. The number of benzene rings is 3. The first kappa shape index (κ1) is 33.4. The van der Waals surface area contributed by atoms with E-state index in [2.05, 4.69) is 128 Å². The highest BCUT2D eigenvalue weighted by atomic mass is 16.5. The van der Waals surface area contributed by atoms with E-state index in [4.69, 9.17) is 29.4 Å². The number of amidine groups is 2. The van der Waals surface area contributed by atoms with E-state index < -0.39 is 0 Å². The van der Waals surface area contributed by atoms with E-state index in [0.717, 1.165) is 84.7 Å². The highest BCUT2D eigenvalue weighted by Gasteiger charge is 2.49. The lowest BCUT2D eigenvalue weighted by Crippen LogP contribution is -2.57. The second-order valence-electron chi connectivity index (χ2n) is 16.9. The van der Waals surface area contributed by atoms with Gasteiger partial charge in [-0.05, 0) is 128 Å². The lowest BCUT2D eigenvalue weighted by molar-refractivity contribution is 0.338. The van der Waals surface area contributed by atoms with Crippen LogP contribution in [0.4, 0.5) is 11.4 Å². The van der Waals surface area contributed by atoms with Crippen molar-refractivity contribution in [3.63, 3.8) is 0 Å². The van der Waals surface area contributed by atoms with E-state index in [1.165, 1.54) is 0 Å². The van der Waals surface area contributed by atoms with Gasteiger partial charge in [0, 0.05) is 29.0 Å². The van der Waals surface area contributed by atoms with Crippen molar-refractivity contribution in [3.05, 3.63) is 91.5 Å². The zero-order valence-corrected chi connectivity index (χ0v) is 32.2. The molecule has 8 nitrogen and oxygen atoms in total. The van der Waals surface area contributed by atoms with Crippen LogP contribution in [0.3, 0.4) is 0 Å². The first-order valence-electron chi connectivity index (χ1n) is 18.5. The van der Waals surface area contributed by atoms with Crippen LogP contribution in [0, 0.1) is 0 Å². The van der Waals surface area contributed by atoms with Gasteiger partial charge in [0.15, 0.2) is 0 Å². The fourth-order valence-corrected chi connectivity index (χ4v) is 8.76. The smallest absolute Gasteiger partial charge is 0.260 e. The van der Waals surface area contributed by atoms with Gasteiger partial charge >= 0.3 is 0 Å². The Balaban J connectivity index is 1.08. The minimum atomic E-state index is -0.225. The molecule has 53 heavy (non-hydrogen) atoms. The van der Waals surface area contributed by atoms with Crippen LogP contribution in [-0.2, 0) is 0 Å². The molecule has 3 aromatic carbocycles. The molecular formula is C44H45BN6O2. The highest BCUT2D eigenvalue weighted by Crippen LogP contribution is 2.44. The van der Waals surface area contributed by atoms with Crippen molar-refractivity contribution in [2.24, 2.45) is 9.98 Å². The molecule has 6 heterocycles. The summed E-state index contributed by atoms with van der Waals surface area (Å²) in [4.78, 5) is 24.0. The molecule has 5 aromatic rings. The zero-order chi connectivity index (χ0) is 37.2. The van der Waals surface area contributed by atoms with Crippen LogP contribution in [0.2, 0.25) is 0 Å². The zero-order valence-electron chi connectivity index (χ0n) is 32.2. The molecule has 0 saturated heterocycles. The third kappa shape index (κ3) is 4.82.